The van der Waals surface area contributed by atoms with Crippen molar-refractivity contribution in [3.8, 4) is 5.75 Å². The normalized spacial score (nSPS) is 13.7. The Hall–Kier alpha value is -3.28. The van der Waals surface area contributed by atoms with Gasteiger partial charge in [0.1, 0.15) is 11.4 Å². The lowest BCUT2D eigenvalue weighted by Crippen LogP contribution is -2.33. The van der Waals surface area contributed by atoms with E-state index in [0.717, 1.165) is 16.0 Å². The number of halogens is 2. The predicted octanol–water partition coefficient (Wildman–Crippen LogP) is 6.02. The number of nitrogens with one attached hydrogen (secondary N) is 1. The highest BCUT2D eigenvalue weighted by molar-refractivity contribution is 6.46. The number of nitrogens with zero attached hydrogens (tertiary/aromatic N) is 1. The SMILES string of the molecule is COc1ccc(C2=C(Nc3ccc(C)c(Cl)c3)C(=O)N(c3cc(Cl)ccc3C)C2=O)cc1. The maximum absolute atomic E-state index is 13.6. The lowest BCUT2D eigenvalue weighted by atomic mass is 10.0. The number of carbonyl (C=O) groups is 2. The number of benzene rings is 3. The van der Waals surface area contributed by atoms with Gasteiger partial charge in [-0.3, -0.25) is 9.59 Å². The summed E-state index contributed by atoms with van der Waals surface area (Å²) in [5.41, 5.74) is 3.72. The van der Waals surface area contributed by atoms with Crippen LogP contribution in [0.1, 0.15) is 16.7 Å². The number of carbonyl (C=O) groups excluding carboxylic acids is 2. The van der Waals surface area contributed by atoms with Crippen LogP contribution in [0.5, 0.6) is 5.75 Å². The quantitative estimate of drug-likeness (QED) is 0.467. The zero-order valence-corrected chi connectivity index (χ0v) is 19.2. The van der Waals surface area contributed by atoms with Crippen LogP contribution in [-0.2, 0) is 9.59 Å². The molecular weight excluding hydrogens is 447 g/mol. The summed E-state index contributed by atoms with van der Waals surface area (Å²) in [4.78, 5) is 28.2. The van der Waals surface area contributed by atoms with E-state index in [1.54, 1.807) is 55.6 Å². The molecule has 0 aromatic heterocycles. The molecule has 0 radical (unpaired) electrons. The molecule has 32 heavy (non-hydrogen) atoms. The molecule has 1 aliphatic heterocycles. The molecule has 7 heteroatoms. The van der Waals surface area contributed by atoms with Crippen molar-refractivity contribution < 1.29 is 14.3 Å². The summed E-state index contributed by atoms with van der Waals surface area (Å²) in [6.07, 6.45) is 0. The molecule has 0 aliphatic carbocycles. The Labute approximate surface area is 196 Å². The van der Waals surface area contributed by atoms with Crippen LogP contribution in [0.15, 0.2) is 66.4 Å². The first-order chi connectivity index (χ1) is 15.3. The van der Waals surface area contributed by atoms with Gasteiger partial charge in [-0.25, -0.2) is 4.90 Å². The fourth-order valence-corrected chi connectivity index (χ4v) is 3.88. The molecule has 162 valence electrons. The predicted molar refractivity (Wildman–Crippen MR) is 128 cm³/mol. The molecule has 1 heterocycles. The molecule has 1 aliphatic rings. The van der Waals surface area contributed by atoms with E-state index in [1.165, 1.54) is 0 Å². The summed E-state index contributed by atoms with van der Waals surface area (Å²) < 4.78 is 5.22. The van der Waals surface area contributed by atoms with Crippen molar-refractivity contribution in [2.45, 2.75) is 13.8 Å². The Kier molecular flexibility index (Phi) is 5.96. The lowest BCUT2D eigenvalue weighted by molar-refractivity contribution is -0.120. The van der Waals surface area contributed by atoms with Gasteiger partial charge in [0, 0.05) is 15.7 Å². The molecule has 3 aromatic rings. The summed E-state index contributed by atoms with van der Waals surface area (Å²) in [5.74, 6) is -0.261. The first kappa shape index (κ1) is 21.9. The van der Waals surface area contributed by atoms with E-state index >= 15 is 0 Å². The molecule has 0 saturated carbocycles. The standard InChI is InChI=1S/C25H20Cl2N2O3/c1-14-5-9-18(13-20(14)27)28-23-22(16-6-10-19(32-3)11-7-16)24(30)29(25(23)31)21-12-17(26)8-4-15(21)2/h4-13,28H,1-3H3. The Bertz CT molecular complexity index is 1270. The zero-order valence-electron chi connectivity index (χ0n) is 17.7. The average molecular weight is 467 g/mol. The van der Waals surface area contributed by atoms with Gasteiger partial charge in [0.2, 0.25) is 0 Å². The Balaban J connectivity index is 1.84. The van der Waals surface area contributed by atoms with Crippen LogP contribution >= 0.6 is 23.2 Å². The number of imide groups is 1. The van der Waals surface area contributed by atoms with E-state index in [1.807, 2.05) is 26.0 Å². The summed E-state index contributed by atoms with van der Waals surface area (Å²) in [7, 11) is 1.57. The Morgan fingerprint density at radius 2 is 1.53 bits per heavy atom. The number of anilines is 2. The summed E-state index contributed by atoms with van der Waals surface area (Å²) >= 11 is 12.4. The van der Waals surface area contributed by atoms with Crippen LogP contribution in [0.3, 0.4) is 0 Å². The van der Waals surface area contributed by atoms with E-state index in [0.29, 0.717) is 32.7 Å². The van der Waals surface area contributed by atoms with E-state index < -0.39 is 11.8 Å². The third-order valence-electron chi connectivity index (χ3n) is 5.32. The Morgan fingerprint density at radius 3 is 2.19 bits per heavy atom. The molecule has 4 rings (SSSR count). The number of hydrogen-bond acceptors (Lipinski definition) is 4. The number of rotatable bonds is 5. The van der Waals surface area contributed by atoms with Crippen molar-refractivity contribution in [3.63, 3.8) is 0 Å². The van der Waals surface area contributed by atoms with Gasteiger partial charge in [-0.1, -0.05) is 47.5 Å². The first-order valence-corrected chi connectivity index (χ1v) is 10.6. The molecule has 5 nitrogen and oxygen atoms in total. The molecule has 0 unspecified atom stereocenters. The van der Waals surface area contributed by atoms with Gasteiger partial charge in [-0.2, -0.15) is 0 Å². The molecule has 2 amide bonds. The largest absolute Gasteiger partial charge is 0.497 e. The van der Waals surface area contributed by atoms with Crippen molar-refractivity contribution in [3.05, 3.63) is 93.1 Å². The van der Waals surface area contributed by atoms with E-state index in [-0.39, 0.29) is 11.3 Å². The second-order valence-electron chi connectivity index (χ2n) is 7.44. The van der Waals surface area contributed by atoms with Gasteiger partial charge in [0.05, 0.1) is 18.4 Å². The topological polar surface area (TPSA) is 58.6 Å². The van der Waals surface area contributed by atoms with Crippen LogP contribution < -0.4 is 15.0 Å². The van der Waals surface area contributed by atoms with Gasteiger partial charge in [-0.15, -0.1) is 0 Å². The molecule has 0 atom stereocenters. The van der Waals surface area contributed by atoms with Gasteiger partial charge < -0.3 is 10.1 Å². The van der Waals surface area contributed by atoms with Crippen molar-refractivity contribution in [2.24, 2.45) is 0 Å². The van der Waals surface area contributed by atoms with Crippen molar-refractivity contribution in [1.82, 2.24) is 0 Å². The first-order valence-electron chi connectivity index (χ1n) is 9.87. The van der Waals surface area contributed by atoms with Gasteiger partial charge in [0.25, 0.3) is 11.8 Å². The zero-order chi connectivity index (χ0) is 23.0. The van der Waals surface area contributed by atoms with E-state index in [2.05, 4.69) is 5.32 Å². The average Bonchev–Trinajstić information content (AvgIpc) is 3.02. The highest BCUT2D eigenvalue weighted by Crippen LogP contribution is 2.37. The van der Waals surface area contributed by atoms with Crippen molar-refractivity contribution in [1.29, 1.82) is 0 Å². The van der Waals surface area contributed by atoms with Crippen molar-refractivity contribution in [2.75, 3.05) is 17.3 Å². The second-order valence-corrected chi connectivity index (χ2v) is 8.29. The molecule has 0 bridgehead atoms. The van der Waals surface area contributed by atoms with Crippen LogP contribution in [0.25, 0.3) is 5.57 Å². The fourth-order valence-electron chi connectivity index (χ4n) is 3.53. The van der Waals surface area contributed by atoms with Crippen LogP contribution in [0, 0.1) is 13.8 Å². The number of methoxy groups -OCH3 is 1. The summed E-state index contributed by atoms with van der Waals surface area (Å²) in [6, 6.07) is 17.5. The molecule has 3 aromatic carbocycles. The van der Waals surface area contributed by atoms with Gasteiger partial charge >= 0.3 is 0 Å². The highest BCUT2D eigenvalue weighted by Gasteiger charge is 2.41. The minimum absolute atomic E-state index is 0.166. The number of amides is 2. The maximum Gasteiger partial charge on any atom is 0.282 e. The monoisotopic (exact) mass is 466 g/mol. The van der Waals surface area contributed by atoms with E-state index in [4.69, 9.17) is 27.9 Å². The lowest BCUT2D eigenvalue weighted by Gasteiger charge is -2.18. The highest BCUT2D eigenvalue weighted by atomic mass is 35.5. The number of aryl methyl sites for hydroxylation is 2. The minimum Gasteiger partial charge on any atom is -0.497 e. The maximum atomic E-state index is 13.6. The van der Waals surface area contributed by atoms with Gasteiger partial charge in [-0.05, 0) is 66.9 Å². The molecule has 0 fully saturated rings. The number of hydrogen-bond donors (Lipinski definition) is 1. The second kappa shape index (κ2) is 8.69. The van der Waals surface area contributed by atoms with Crippen LogP contribution in [0.2, 0.25) is 10.0 Å². The third kappa shape index (κ3) is 3.97. The third-order valence-corrected chi connectivity index (χ3v) is 5.96. The van der Waals surface area contributed by atoms with Gasteiger partial charge in [0.15, 0.2) is 0 Å². The molecule has 0 saturated heterocycles. The van der Waals surface area contributed by atoms with E-state index in [9.17, 15) is 9.59 Å². The molecule has 0 spiro atoms. The molecular formula is C25H20Cl2N2O3. The number of ether oxygens (including phenoxy) is 1. The van der Waals surface area contributed by atoms with Crippen LogP contribution in [-0.4, -0.2) is 18.9 Å². The van der Waals surface area contributed by atoms with Crippen molar-refractivity contribution >= 4 is 52.0 Å². The fraction of sp³-hybridized carbons (Fsp3) is 0.120. The summed E-state index contributed by atoms with van der Waals surface area (Å²) in [6.45, 7) is 3.71. The smallest absolute Gasteiger partial charge is 0.282 e. The van der Waals surface area contributed by atoms with Crippen LogP contribution in [0.4, 0.5) is 11.4 Å². The molecule has 1 N–H and O–H groups in total. The Morgan fingerprint density at radius 1 is 0.844 bits per heavy atom. The summed E-state index contributed by atoms with van der Waals surface area (Å²) in [5, 5.41) is 4.11. The minimum atomic E-state index is -0.470.